The zero-order valence-corrected chi connectivity index (χ0v) is 42.1. The SMILES string of the molecule is Nc1ncc(-c2ccc(S(=O)(=O)Cc3cccc(CC(=O)CCCCCOCCOCCOCCOCCNc4cccc5c4C(=O)N(C4CCC(=O)NC4=O)C5=O)c3)cc2F)cc1-c1ccc2c(c1)CCNC2=O. The van der Waals surface area contributed by atoms with Crippen LogP contribution >= 0.6 is 0 Å². The predicted molar refractivity (Wildman–Crippen MR) is 275 cm³/mol. The van der Waals surface area contributed by atoms with Crippen LogP contribution in [0.3, 0.4) is 0 Å². The lowest BCUT2D eigenvalue weighted by atomic mass is 9.94. The number of carbonyl (C=O) groups is 6. The largest absolute Gasteiger partial charge is 0.383 e. The molecule has 0 bridgehead atoms. The van der Waals surface area contributed by atoms with Crippen LogP contribution in [-0.2, 0) is 61.8 Å². The van der Waals surface area contributed by atoms with Crippen LogP contribution in [0.25, 0.3) is 22.3 Å². The molecule has 4 heterocycles. The maximum absolute atomic E-state index is 15.7. The number of nitrogens with zero attached hydrogens (tertiary/aromatic N) is 2. The van der Waals surface area contributed by atoms with E-state index in [1.54, 1.807) is 54.6 Å². The summed E-state index contributed by atoms with van der Waals surface area (Å²) >= 11 is 0. The summed E-state index contributed by atoms with van der Waals surface area (Å²) in [6.07, 6.45) is 5.06. The van der Waals surface area contributed by atoms with Crippen molar-refractivity contribution in [1.29, 1.82) is 0 Å². The molecule has 0 saturated carbocycles. The highest BCUT2D eigenvalue weighted by Gasteiger charge is 2.45. The van der Waals surface area contributed by atoms with Crippen molar-refractivity contribution >= 4 is 56.7 Å². The van der Waals surface area contributed by atoms with E-state index in [2.05, 4.69) is 20.9 Å². The van der Waals surface area contributed by atoms with E-state index in [-0.39, 0.29) is 64.1 Å². The van der Waals surface area contributed by atoms with Crippen molar-refractivity contribution in [1.82, 2.24) is 20.5 Å². The summed E-state index contributed by atoms with van der Waals surface area (Å²) in [5.41, 5.74) is 11.6. The molecule has 1 atom stereocenters. The molecular formula is C55H59FN6O12S. The number of benzene rings is 4. The number of fused-ring (bicyclic) bond motifs is 2. The van der Waals surface area contributed by atoms with Gasteiger partial charge in [0.15, 0.2) is 9.84 Å². The van der Waals surface area contributed by atoms with Crippen molar-refractivity contribution in [2.24, 2.45) is 0 Å². The number of ether oxygens (including phenoxy) is 4. The van der Waals surface area contributed by atoms with Crippen molar-refractivity contribution in [3.8, 4) is 22.3 Å². The second kappa shape index (κ2) is 25.3. The third kappa shape index (κ3) is 13.7. The monoisotopic (exact) mass is 1050 g/mol. The highest BCUT2D eigenvalue weighted by Crippen LogP contribution is 2.35. The van der Waals surface area contributed by atoms with Gasteiger partial charge in [-0.3, -0.25) is 39.0 Å². The van der Waals surface area contributed by atoms with Gasteiger partial charge in [0, 0.05) is 73.1 Å². The first kappa shape index (κ1) is 54.0. The lowest BCUT2D eigenvalue weighted by Gasteiger charge is -2.27. The van der Waals surface area contributed by atoms with Crippen LogP contribution in [0, 0.1) is 5.82 Å². The quantitative estimate of drug-likeness (QED) is 0.0367. The molecule has 0 aliphatic carbocycles. The Bertz CT molecular complexity index is 3080. The van der Waals surface area contributed by atoms with E-state index in [1.165, 1.54) is 24.4 Å². The smallest absolute Gasteiger partial charge is 0.264 e. The van der Waals surface area contributed by atoms with Crippen LogP contribution in [0.1, 0.15) is 86.3 Å². The lowest BCUT2D eigenvalue weighted by molar-refractivity contribution is -0.136. The molecule has 8 rings (SSSR count). The molecule has 3 aliphatic heterocycles. The molecule has 5 amide bonds. The van der Waals surface area contributed by atoms with E-state index >= 15 is 4.39 Å². The molecule has 5 aromatic rings. The van der Waals surface area contributed by atoms with E-state index in [9.17, 15) is 37.2 Å². The summed E-state index contributed by atoms with van der Waals surface area (Å²) in [4.78, 5) is 80.3. The Hall–Kier alpha value is -7.23. The zero-order chi connectivity index (χ0) is 52.9. The summed E-state index contributed by atoms with van der Waals surface area (Å²) in [6.45, 7) is 3.99. The average Bonchev–Trinajstić information content (AvgIpc) is 3.64. The molecule has 20 heteroatoms. The highest BCUT2D eigenvalue weighted by molar-refractivity contribution is 7.90. The number of Topliss-reactive ketones (excluding diaryl/α,β-unsaturated/α-hetero) is 1. The van der Waals surface area contributed by atoms with Gasteiger partial charge in [0.25, 0.3) is 17.7 Å². The Kier molecular flexibility index (Phi) is 18.3. The van der Waals surface area contributed by atoms with Crippen LogP contribution in [0.2, 0.25) is 0 Å². The summed E-state index contributed by atoms with van der Waals surface area (Å²) in [5.74, 6) is -3.21. The van der Waals surface area contributed by atoms with Gasteiger partial charge in [0.2, 0.25) is 11.8 Å². The van der Waals surface area contributed by atoms with Crippen LogP contribution in [0.15, 0.2) is 96.0 Å². The van der Waals surface area contributed by atoms with Crippen molar-refractivity contribution in [2.75, 3.05) is 77.0 Å². The fourth-order valence-corrected chi connectivity index (χ4v) is 10.5. The first-order chi connectivity index (χ1) is 36.3. The van der Waals surface area contributed by atoms with Gasteiger partial charge in [-0.2, -0.15) is 0 Å². The molecule has 1 fully saturated rings. The first-order valence-corrected chi connectivity index (χ1v) is 26.6. The molecule has 1 aromatic heterocycles. The van der Waals surface area contributed by atoms with Crippen LogP contribution < -0.4 is 21.7 Å². The van der Waals surface area contributed by atoms with Crippen LogP contribution in [0.5, 0.6) is 0 Å². The molecule has 394 valence electrons. The Morgan fingerprint density at radius 1 is 0.733 bits per heavy atom. The number of anilines is 2. The zero-order valence-electron chi connectivity index (χ0n) is 41.3. The minimum Gasteiger partial charge on any atom is -0.383 e. The number of imide groups is 2. The summed E-state index contributed by atoms with van der Waals surface area (Å²) < 4.78 is 65.1. The minimum atomic E-state index is -3.95. The van der Waals surface area contributed by atoms with Gasteiger partial charge in [-0.1, -0.05) is 55.0 Å². The maximum atomic E-state index is 15.7. The maximum Gasteiger partial charge on any atom is 0.264 e. The number of rotatable bonds is 27. The van der Waals surface area contributed by atoms with E-state index in [0.29, 0.717) is 119 Å². The summed E-state index contributed by atoms with van der Waals surface area (Å²) in [6, 6.07) is 21.6. The number of aromatic nitrogens is 1. The number of hydrogen-bond acceptors (Lipinski definition) is 15. The normalized spacial score (nSPS) is 15.4. The number of nitrogens with one attached hydrogen (secondary N) is 3. The molecule has 0 spiro atoms. The van der Waals surface area contributed by atoms with Gasteiger partial charge < -0.3 is 35.3 Å². The fraction of sp³-hybridized carbons (Fsp3) is 0.364. The van der Waals surface area contributed by atoms with Crippen LogP contribution in [-0.4, -0.2) is 126 Å². The number of piperidine rings is 1. The van der Waals surface area contributed by atoms with Gasteiger partial charge in [-0.15, -0.1) is 0 Å². The molecule has 3 aliphatic rings. The molecule has 1 saturated heterocycles. The first-order valence-electron chi connectivity index (χ1n) is 25.0. The Labute approximate surface area is 433 Å². The molecule has 75 heavy (non-hydrogen) atoms. The number of nitrogens with two attached hydrogens (primary N) is 1. The predicted octanol–water partition coefficient (Wildman–Crippen LogP) is 5.65. The van der Waals surface area contributed by atoms with Gasteiger partial charge in [-0.05, 0) is 84.3 Å². The molecular weight excluding hydrogens is 988 g/mol. The summed E-state index contributed by atoms with van der Waals surface area (Å²) in [7, 11) is -3.95. The minimum absolute atomic E-state index is 0.0409. The van der Waals surface area contributed by atoms with E-state index in [0.717, 1.165) is 34.9 Å². The summed E-state index contributed by atoms with van der Waals surface area (Å²) in [5, 5.41) is 8.14. The van der Waals surface area contributed by atoms with Gasteiger partial charge in [0.05, 0.1) is 68.0 Å². The number of halogens is 1. The van der Waals surface area contributed by atoms with Gasteiger partial charge >= 0.3 is 0 Å². The number of unbranched alkanes of at least 4 members (excludes halogenated alkanes) is 2. The lowest BCUT2D eigenvalue weighted by Crippen LogP contribution is -2.54. The van der Waals surface area contributed by atoms with Crippen molar-refractivity contribution in [3.05, 3.63) is 130 Å². The molecule has 0 radical (unpaired) electrons. The number of sulfone groups is 1. The second-order valence-corrected chi connectivity index (χ2v) is 20.3. The van der Waals surface area contributed by atoms with E-state index in [1.807, 2.05) is 6.07 Å². The average molecular weight is 1050 g/mol. The third-order valence-electron chi connectivity index (χ3n) is 13.0. The standard InChI is InChI=1S/C55H59FN6O12S/c56-46-32-41(12-14-42(46)39-31-45(51(57)60-33-39)37-11-13-43-38(30-37)17-18-59-52(43)65)75(69,70)34-36-7-4-6-35(28-36)29-40(63)8-2-1-3-20-71-22-24-73-26-27-74-25-23-72-21-19-58-47-10-5-9-44-50(47)55(68)62(54(44)67)48-15-16-49(64)61-53(48)66/h4-7,9-14,28,30-33,48,58H,1-3,8,15-27,29,34H2,(H2,57,60)(H,59,65)(H,61,64,66). The topological polar surface area (TPSA) is 252 Å². The number of hydrogen-bond donors (Lipinski definition) is 4. The second-order valence-electron chi connectivity index (χ2n) is 18.3. The molecule has 5 N–H and O–H groups in total. The number of carbonyl (C=O) groups excluding carboxylic acids is 6. The van der Waals surface area contributed by atoms with Crippen molar-refractivity contribution in [3.63, 3.8) is 0 Å². The van der Waals surface area contributed by atoms with Gasteiger partial charge in [0.1, 0.15) is 23.5 Å². The fourth-order valence-electron chi connectivity index (χ4n) is 9.21. The van der Waals surface area contributed by atoms with E-state index in [4.69, 9.17) is 24.7 Å². The van der Waals surface area contributed by atoms with Crippen LogP contribution in [0.4, 0.5) is 15.9 Å². The van der Waals surface area contributed by atoms with Crippen molar-refractivity contribution < 1.29 is 60.5 Å². The number of nitrogen functional groups attached to an aromatic ring is 1. The van der Waals surface area contributed by atoms with Crippen molar-refractivity contribution in [2.45, 2.75) is 68.1 Å². The van der Waals surface area contributed by atoms with Gasteiger partial charge in [-0.25, -0.2) is 17.8 Å². The number of amides is 5. The Morgan fingerprint density at radius 2 is 1.45 bits per heavy atom. The highest BCUT2D eigenvalue weighted by atomic mass is 32.2. The third-order valence-corrected chi connectivity index (χ3v) is 14.7. The Morgan fingerprint density at radius 3 is 2.21 bits per heavy atom. The molecule has 4 aromatic carbocycles. The molecule has 18 nitrogen and oxygen atoms in total. The Balaban J connectivity index is 0.653. The number of pyridine rings is 1. The van der Waals surface area contributed by atoms with E-state index < -0.39 is 45.3 Å². The molecule has 1 unspecified atom stereocenters. The number of ketones is 1.